The standard InChI is InChI=1S/C20H14ClN3O4/c21-14-8-7-12(10-17(14)24(25)26)20-23-16(13-4-1-2-5-18(13)28-20)11-15(22-23)19-6-3-9-27-19/h1-10,16,20H,11H2/t16-,20-/m0/s1. The van der Waals surface area contributed by atoms with Crippen molar-refractivity contribution < 1.29 is 14.1 Å². The van der Waals surface area contributed by atoms with Gasteiger partial charge in [-0.3, -0.25) is 10.1 Å². The summed E-state index contributed by atoms with van der Waals surface area (Å²) in [6, 6.07) is 16.1. The van der Waals surface area contributed by atoms with Crippen LogP contribution in [0, 0.1) is 10.1 Å². The lowest BCUT2D eigenvalue weighted by molar-refractivity contribution is -0.384. The van der Waals surface area contributed by atoms with Crippen molar-refractivity contribution in [3.8, 4) is 5.75 Å². The number of nitrogens with zero attached hydrogens (tertiary/aromatic N) is 3. The number of hydrogen-bond donors (Lipinski definition) is 0. The lowest BCUT2D eigenvalue weighted by atomic mass is 9.97. The highest BCUT2D eigenvalue weighted by Crippen LogP contribution is 2.48. The van der Waals surface area contributed by atoms with Crippen LogP contribution < -0.4 is 4.74 Å². The molecule has 1 aromatic heterocycles. The van der Waals surface area contributed by atoms with Crippen LogP contribution in [0.15, 0.2) is 70.4 Å². The quantitative estimate of drug-likeness (QED) is 0.456. The van der Waals surface area contributed by atoms with Gasteiger partial charge in [-0.1, -0.05) is 35.9 Å². The van der Waals surface area contributed by atoms with Crippen molar-refractivity contribution >= 4 is 23.0 Å². The highest BCUT2D eigenvalue weighted by molar-refractivity contribution is 6.32. The van der Waals surface area contributed by atoms with Gasteiger partial charge >= 0.3 is 0 Å². The molecule has 2 aromatic carbocycles. The van der Waals surface area contributed by atoms with Gasteiger partial charge in [0.05, 0.1) is 17.2 Å². The van der Waals surface area contributed by atoms with Crippen molar-refractivity contribution in [2.45, 2.75) is 18.7 Å². The molecule has 0 amide bonds. The number of rotatable bonds is 3. The predicted octanol–water partition coefficient (Wildman–Crippen LogP) is 5.08. The fraction of sp³-hybridized carbons (Fsp3) is 0.150. The molecule has 3 heterocycles. The van der Waals surface area contributed by atoms with E-state index in [1.54, 1.807) is 12.3 Å². The molecule has 2 aliphatic heterocycles. The molecule has 8 heteroatoms. The lowest BCUT2D eigenvalue weighted by Crippen LogP contribution is -2.33. The van der Waals surface area contributed by atoms with Gasteiger partial charge < -0.3 is 9.15 Å². The van der Waals surface area contributed by atoms with Crippen LogP contribution in [0.1, 0.15) is 35.6 Å². The van der Waals surface area contributed by atoms with Crippen molar-refractivity contribution in [2.24, 2.45) is 5.10 Å². The minimum atomic E-state index is -0.608. The van der Waals surface area contributed by atoms with E-state index in [1.807, 2.05) is 41.4 Å². The first-order chi connectivity index (χ1) is 13.6. The zero-order chi connectivity index (χ0) is 19.3. The molecule has 5 rings (SSSR count). The SMILES string of the molecule is O=[N+]([O-])c1cc([C@@H]2Oc3ccccc3[C@@H]3CC(c4ccco4)=NN32)ccc1Cl. The molecule has 0 unspecified atom stereocenters. The van der Waals surface area contributed by atoms with Crippen LogP contribution in [0.3, 0.4) is 0 Å². The first-order valence-electron chi connectivity index (χ1n) is 8.71. The van der Waals surface area contributed by atoms with E-state index >= 15 is 0 Å². The van der Waals surface area contributed by atoms with Gasteiger partial charge in [0.25, 0.3) is 5.69 Å². The molecule has 0 saturated carbocycles. The Kier molecular flexibility index (Phi) is 3.84. The van der Waals surface area contributed by atoms with E-state index in [2.05, 4.69) is 0 Å². The van der Waals surface area contributed by atoms with Crippen molar-refractivity contribution in [3.63, 3.8) is 0 Å². The van der Waals surface area contributed by atoms with Crippen LogP contribution in [0.25, 0.3) is 0 Å². The van der Waals surface area contributed by atoms with Gasteiger partial charge in [0.1, 0.15) is 22.2 Å². The van der Waals surface area contributed by atoms with E-state index in [0.717, 1.165) is 17.0 Å². The number of nitro benzene ring substituents is 1. The largest absolute Gasteiger partial charge is 0.464 e. The Labute approximate surface area is 164 Å². The third-order valence-electron chi connectivity index (χ3n) is 4.96. The number of benzene rings is 2. The molecule has 3 aromatic rings. The number of fused-ring (bicyclic) bond motifs is 3. The summed E-state index contributed by atoms with van der Waals surface area (Å²) in [6.07, 6.45) is 1.66. The molecular weight excluding hydrogens is 382 g/mol. The maximum Gasteiger partial charge on any atom is 0.288 e. The van der Waals surface area contributed by atoms with Crippen LogP contribution in [0.5, 0.6) is 5.75 Å². The lowest BCUT2D eigenvalue weighted by Gasteiger charge is -2.38. The molecule has 7 nitrogen and oxygen atoms in total. The Morgan fingerprint density at radius 2 is 2.04 bits per heavy atom. The van der Waals surface area contributed by atoms with Gasteiger partial charge in [-0.2, -0.15) is 5.10 Å². The second-order valence-corrected chi connectivity index (χ2v) is 7.01. The second-order valence-electron chi connectivity index (χ2n) is 6.60. The van der Waals surface area contributed by atoms with Crippen LogP contribution in [0.4, 0.5) is 5.69 Å². The van der Waals surface area contributed by atoms with Crippen LogP contribution in [-0.2, 0) is 0 Å². The summed E-state index contributed by atoms with van der Waals surface area (Å²) in [5, 5.41) is 18.0. The highest BCUT2D eigenvalue weighted by Gasteiger charge is 2.41. The minimum absolute atomic E-state index is 0.0511. The Bertz CT molecular complexity index is 1100. The maximum atomic E-state index is 11.3. The molecule has 140 valence electrons. The zero-order valence-electron chi connectivity index (χ0n) is 14.5. The van der Waals surface area contributed by atoms with Crippen LogP contribution in [-0.4, -0.2) is 15.6 Å². The monoisotopic (exact) mass is 395 g/mol. The summed E-state index contributed by atoms with van der Waals surface area (Å²) in [6.45, 7) is 0. The second kappa shape index (κ2) is 6.38. The molecule has 0 N–H and O–H groups in total. The average Bonchev–Trinajstić information content (AvgIpc) is 3.37. The van der Waals surface area contributed by atoms with E-state index in [0.29, 0.717) is 17.7 Å². The number of halogens is 1. The van der Waals surface area contributed by atoms with E-state index in [4.69, 9.17) is 25.9 Å². The molecule has 0 aliphatic carbocycles. The molecule has 0 spiro atoms. The van der Waals surface area contributed by atoms with E-state index in [1.165, 1.54) is 12.1 Å². The van der Waals surface area contributed by atoms with Gasteiger partial charge in [-0.05, 0) is 24.3 Å². The van der Waals surface area contributed by atoms with Crippen molar-refractivity contribution in [3.05, 3.63) is 92.9 Å². The molecule has 0 fully saturated rings. The summed E-state index contributed by atoms with van der Waals surface area (Å²) >= 11 is 5.98. The molecule has 0 bridgehead atoms. The Balaban J connectivity index is 1.62. The van der Waals surface area contributed by atoms with Gasteiger partial charge in [0.2, 0.25) is 6.23 Å². The molecule has 0 radical (unpaired) electrons. The van der Waals surface area contributed by atoms with E-state index < -0.39 is 11.2 Å². The predicted molar refractivity (Wildman–Crippen MR) is 102 cm³/mol. The Morgan fingerprint density at radius 3 is 2.82 bits per heavy atom. The number of furan rings is 1. The summed E-state index contributed by atoms with van der Waals surface area (Å²) in [7, 11) is 0. The molecule has 2 aliphatic rings. The third kappa shape index (κ3) is 2.63. The maximum absolute atomic E-state index is 11.3. The number of para-hydroxylation sites is 1. The van der Waals surface area contributed by atoms with Gasteiger partial charge in [-0.15, -0.1) is 0 Å². The van der Waals surface area contributed by atoms with E-state index in [-0.39, 0.29) is 16.8 Å². The zero-order valence-corrected chi connectivity index (χ0v) is 15.2. The summed E-state index contributed by atoms with van der Waals surface area (Å²) in [5.41, 5.74) is 2.28. The van der Waals surface area contributed by atoms with Crippen molar-refractivity contribution in [1.29, 1.82) is 0 Å². The molecule has 0 saturated heterocycles. The minimum Gasteiger partial charge on any atom is -0.464 e. The topological polar surface area (TPSA) is 81.1 Å². The number of hydrazone groups is 1. The number of ether oxygens (including phenoxy) is 1. The summed E-state index contributed by atoms with van der Waals surface area (Å²) in [4.78, 5) is 10.8. The first kappa shape index (κ1) is 16.8. The van der Waals surface area contributed by atoms with Crippen LogP contribution in [0.2, 0.25) is 5.02 Å². The number of nitro groups is 1. The molecule has 2 atom stereocenters. The normalized spacial score (nSPS) is 20.2. The van der Waals surface area contributed by atoms with Crippen molar-refractivity contribution in [2.75, 3.05) is 0 Å². The van der Waals surface area contributed by atoms with E-state index in [9.17, 15) is 10.1 Å². The Hall–Kier alpha value is -3.32. The third-order valence-corrected chi connectivity index (χ3v) is 5.28. The van der Waals surface area contributed by atoms with Gasteiger partial charge in [0, 0.05) is 23.6 Å². The molecule has 28 heavy (non-hydrogen) atoms. The molecular formula is C20H14ClN3O4. The van der Waals surface area contributed by atoms with Gasteiger partial charge in [-0.25, -0.2) is 5.01 Å². The smallest absolute Gasteiger partial charge is 0.288 e. The average molecular weight is 396 g/mol. The van der Waals surface area contributed by atoms with Crippen molar-refractivity contribution in [1.82, 2.24) is 5.01 Å². The van der Waals surface area contributed by atoms with Gasteiger partial charge in [0.15, 0.2) is 0 Å². The number of hydrogen-bond acceptors (Lipinski definition) is 6. The summed E-state index contributed by atoms with van der Waals surface area (Å²) < 4.78 is 11.7. The fourth-order valence-corrected chi connectivity index (χ4v) is 3.86. The fourth-order valence-electron chi connectivity index (χ4n) is 3.67. The Morgan fingerprint density at radius 1 is 1.18 bits per heavy atom. The summed E-state index contributed by atoms with van der Waals surface area (Å²) in [5.74, 6) is 1.44. The van der Waals surface area contributed by atoms with Crippen LogP contribution >= 0.6 is 11.6 Å². The highest BCUT2D eigenvalue weighted by atomic mass is 35.5. The first-order valence-corrected chi connectivity index (χ1v) is 9.09.